The van der Waals surface area contributed by atoms with Gasteiger partial charge in [-0.1, -0.05) is 17.7 Å². The molecule has 0 aromatic heterocycles. The predicted octanol–water partition coefficient (Wildman–Crippen LogP) is 5.38. The molecule has 214 valence electrons. The van der Waals surface area contributed by atoms with Gasteiger partial charge >= 0.3 is 6.18 Å². The summed E-state index contributed by atoms with van der Waals surface area (Å²) in [6.45, 7) is 4.33. The second-order valence-electron chi connectivity index (χ2n) is 10.4. The first-order valence-corrected chi connectivity index (χ1v) is 13.8. The van der Waals surface area contributed by atoms with Crippen molar-refractivity contribution in [1.82, 2.24) is 15.1 Å². The molecule has 2 saturated heterocycles. The molecule has 1 atom stereocenters. The fraction of sp³-hybridized carbons (Fsp3) is 0.536. The number of nitrogens with one attached hydrogen (secondary N) is 2. The average Bonchev–Trinajstić information content (AvgIpc) is 3.30. The van der Waals surface area contributed by atoms with E-state index in [1.807, 2.05) is 4.90 Å². The number of rotatable bonds is 10. The molecule has 2 aliphatic rings. The molecule has 0 bridgehead atoms. The molecule has 1 unspecified atom stereocenters. The fourth-order valence-electron chi connectivity index (χ4n) is 5.26. The van der Waals surface area contributed by atoms with Crippen LogP contribution in [0.1, 0.15) is 41.6 Å². The van der Waals surface area contributed by atoms with Crippen LogP contribution in [0.25, 0.3) is 0 Å². The summed E-state index contributed by atoms with van der Waals surface area (Å²) in [7, 11) is 2.15. The van der Waals surface area contributed by atoms with Crippen LogP contribution in [0.2, 0.25) is 5.02 Å². The molecule has 4 rings (SSSR count). The Hall–Kier alpha value is -2.40. The zero-order chi connectivity index (χ0) is 28.0. The molecule has 0 radical (unpaired) electrons. The Labute approximate surface area is 232 Å². The van der Waals surface area contributed by atoms with Gasteiger partial charge in [-0.2, -0.15) is 13.2 Å². The van der Waals surface area contributed by atoms with Crippen LogP contribution >= 0.6 is 11.6 Å². The van der Waals surface area contributed by atoms with Crippen molar-refractivity contribution in [3.8, 4) is 0 Å². The number of hydrogen-bond acceptors (Lipinski definition) is 5. The predicted molar refractivity (Wildman–Crippen MR) is 147 cm³/mol. The molecule has 2 aromatic rings. The average molecular weight is 570 g/mol. The molecule has 2 fully saturated rings. The summed E-state index contributed by atoms with van der Waals surface area (Å²) in [5.74, 6) is -1.18. The summed E-state index contributed by atoms with van der Waals surface area (Å²) < 4.78 is 52.6. The fourth-order valence-corrected chi connectivity index (χ4v) is 5.42. The SMILES string of the molecule is CN1CCCC1CCNCc1ccc(C(=O)Nc2ccc(Cl)cc2N2CCN(CCC(F)(F)F)CC2)c(F)c1. The summed E-state index contributed by atoms with van der Waals surface area (Å²) in [5.41, 5.74) is 1.82. The van der Waals surface area contributed by atoms with Gasteiger partial charge in [-0.3, -0.25) is 9.69 Å². The molecule has 0 spiro atoms. The number of alkyl halides is 3. The Morgan fingerprint density at radius 1 is 1.08 bits per heavy atom. The van der Waals surface area contributed by atoms with Gasteiger partial charge in [0.2, 0.25) is 0 Å². The number of amides is 1. The summed E-state index contributed by atoms with van der Waals surface area (Å²) in [6, 6.07) is 10.2. The monoisotopic (exact) mass is 569 g/mol. The van der Waals surface area contributed by atoms with E-state index in [9.17, 15) is 22.4 Å². The third kappa shape index (κ3) is 8.54. The minimum atomic E-state index is -4.18. The lowest BCUT2D eigenvalue weighted by Gasteiger charge is -2.37. The maximum Gasteiger partial charge on any atom is 0.390 e. The van der Waals surface area contributed by atoms with E-state index in [1.165, 1.54) is 25.0 Å². The first-order chi connectivity index (χ1) is 18.6. The molecular weight excluding hydrogens is 534 g/mol. The van der Waals surface area contributed by atoms with Gasteiger partial charge in [0.25, 0.3) is 5.91 Å². The highest BCUT2D eigenvalue weighted by atomic mass is 35.5. The van der Waals surface area contributed by atoms with Gasteiger partial charge < -0.3 is 20.4 Å². The van der Waals surface area contributed by atoms with Crippen molar-refractivity contribution in [2.24, 2.45) is 0 Å². The summed E-state index contributed by atoms with van der Waals surface area (Å²) in [4.78, 5) is 19.1. The normalized spacial score (nSPS) is 19.0. The zero-order valence-electron chi connectivity index (χ0n) is 22.2. The Morgan fingerprint density at radius 2 is 1.85 bits per heavy atom. The van der Waals surface area contributed by atoms with Gasteiger partial charge in [0, 0.05) is 50.3 Å². The second-order valence-corrected chi connectivity index (χ2v) is 10.8. The van der Waals surface area contributed by atoms with Crippen molar-refractivity contribution in [2.75, 3.05) is 63.1 Å². The molecule has 1 amide bonds. The molecule has 6 nitrogen and oxygen atoms in total. The lowest BCUT2D eigenvalue weighted by atomic mass is 10.1. The number of carbonyl (C=O) groups is 1. The van der Waals surface area contributed by atoms with Crippen LogP contribution in [0.3, 0.4) is 0 Å². The number of hydrogen-bond donors (Lipinski definition) is 2. The van der Waals surface area contributed by atoms with E-state index in [2.05, 4.69) is 22.6 Å². The third-order valence-electron chi connectivity index (χ3n) is 7.57. The molecule has 0 aliphatic carbocycles. The summed E-state index contributed by atoms with van der Waals surface area (Å²) in [6.07, 6.45) is -1.53. The highest BCUT2D eigenvalue weighted by molar-refractivity contribution is 6.31. The Bertz CT molecular complexity index is 1120. The number of carbonyl (C=O) groups excluding carboxylic acids is 1. The topological polar surface area (TPSA) is 50.9 Å². The maximum absolute atomic E-state index is 14.9. The van der Waals surface area contributed by atoms with Gasteiger partial charge in [-0.25, -0.2) is 4.39 Å². The van der Waals surface area contributed by atoms with Crippen molar-refractivity contribution in [1.29, 1.82) is 0 Å². The van der Waals surface area contributed by atoms with Crippen LogP contribution in [-0.4, -0.2) is 80.8 Å². The minimum Gasteiger partial charge on any atom is -0.367 e. The second kappa shape index (κ2) is 13.3. The van der Waals surface area contributed by atoms with Gasteiger partial charge in [0.15, 0.2) is 0 Å². The molecule has 0 saturated carbocycles. The number of anilines is 2. The Kier molecular flexibility index (Phi) is 10.1. The molecule has 39 heavy (non-hydrogen) atoms. The quantitative estimate of drug-likeness (QED) is 0.297. The van der Waals surface area contributed by atoms with Crippen LogP contribution in [0.15, 0.2) is 36.4 Å². The number of piperazine rings is 1. The van der Waals surface area contributed by atoms with E-state index >= 15 is 0 Å². The van der Waals surface area contributed by atoms with Crippen molar-refractivity contribution in [3.05, 3.63) is 58.4 Å². The number of benzene rings is 2. The van der Waals surface area contributed by atoms with E-state index in [-0.39, 0.29) is 12.1 Å². The van der Waals surface area contributed by atoms with Gasteiger partial charge in [-0.05, 0) is 75.3 Å². The highest BCUT2D eigenvalue weighted by Gasteiger charge is 2.29. The van der Waals surface area contributed by atoms with Crippen molar-refractivity contribution >= 4 is 28.9 Å². The lowest BCUT2D eigenvalue weighted by molar-refractivity contribution is -0.138. The molecular formula is C28H36ClF4N5O. The molecule has 11 heteroatoms. The molecule has 2 N–H and O–H groups in total. The van der Waals surface area contributed by atoms with Crippen LogP contribution in [0, 0.1) is 5.82 Å². The first kappa shape index (κ1) is 29.6. The Balaban J connectivity index is 1.33. The third-order valence-corrected chi connectivity index (χ3v) is 7.80. The largest absolute Gasteiger partial charge is 0.390 e. The van der Waals surface area contributed by atoms with E-state index in [4.69, 9.17) is 11.6 Å². The van der Waals surface area contributed by atoms with Gasteiger partial charge in [0.1, 0.15) is 5.82 Å². The number of nitrogens with zero attached hydrogens (tertiary/aromatic N) is 3. The summed E-state index contributed by atoms with van der Waals surface area (Å²) >= 11 is 6.21. The van der Waals surface area contributed by atoms with E-state index in [0.29, 0.717) is 55.2 Å². The number of halogens is 5. The minimum absolute atomic E-state index is 0.0425. The van der Waals surface area contributed by atoms with Crippen LogP contribution in [-0.2, 0) is 6.54 Å². The first-order valence-electron chi connectivity index (χ1n) is 13.4. The van der Waals surface area contributed by atoms with Crippen molar-refractivity contribution in [3.63, 3.8) is 0 Å². The van der Waals surface area contributed by atoms with E-state index < -0.39 is 24.3 Å². The number of likely N-dealkylation sites (tertiary alicyclic amines) is 1. The smallest absolute Gasteiger partial charge is 0.367 e. The van der Waals surface area contributed by atoms with Crippen molar-refractivity contribution < 1.29 is 22.4 Å². The van der Waals surface area contributed by atoms with E-state index in [1.54, 1.807) is 29.2 Å². The Morgan fingerprint density at radius 3 is 2.51 bits per heavy atom. The lowest BCUT2D eigenvalue weighted by Crippen LogP contribution is -2.47. The van der Waals surface area contributed by atoms with Crippen LogP contribution in [0.4, 0.5) is 28.9 Å². The molecule has 2 aromatic carbocycles. The molecule has 2 aliphatic heterocycles. The zero-order valence-corrected chi connectivity index (χ0v) is 22.9. The maximum atomic E-state index is 14.9. The van der Waals surface area contributed by atoms with Crippen LogP contribution < -0.4 is 15.5 Å². The summed E-state index contributed by atoms with van der Waals surface area (Å²) in [5, 5.41) is 6.62. The molecule has 2 heterocycles. The van der Waals surface area contributed by atoms with Crippen LogP contribution in [0.5, 0.6) is 0 Å². The van der Waals surface area contributed by atoms with Crippen molar-refractivity contribution in [2.45, 2.75) is 44.4 Å². The van der Waals surface area contributed by atoms with Gasteiger partial charge in [-0.15, -0.1) is 0 Å². The standard InChI is InChI=1S/C28H36ClF4N5O/c1-36-11-2-3-22(36)8-10-34-19-20-4-6-23(24(30)17-20)27(39)35-25-7-5-21(29)18-26(25)38-15-13-37(14-16-38)12-9-28(31,32)33/h4-7,17-18,22,34H,2-3,8-16,19H2,1H3,(H,35,39). The van der Waals surface area contributed by atoms with E-state index in [0.717, 1.165) is 25.1 Å². The van der Waals surface area contributed by atoms with Gasteiger partial charge in [0.05, 0.1) is 23.4 Å². The highest BCUT2D eigenvalue weighted by Crippen LogP contribution is 2.31.